The van der Waals surface area contributed by atoms with E-state index in [2.05, 4.69) is 26.6 Å². The van der Waals surface area contributed by atoms with Crippen LogP contribution in [0.1, 0.15) is 17.9 Å². The van der Waals surface area contributed by atoms with Crippen LogP contribution in [0.5, 0.6) is 0 Å². The van der Waals surface area contributed by atoms with Crippen molar-refractivity contribution in [3.63, 3.8) is 0 Å². The van der Waals surface area contributed by atoms with Crippen LogP contribution in [0, 0.1) is 26.2 Å². The van der Waals surface area contributed by atoms with Crippen molar-refractivity contribution in [2.45, 2.75) is 26.8 Å². The fourth-order valence-electron chi connectivity index (χ4n) is 1.81. The van der Waals surface area contributed by atoms with E-state index in [1.807, 2.05) is 25.8 Å². The largest absolute Gasteiger partial charge is 0.359 e. The van der Waals surface area contributed by atoms with Crippen LogP contribution >= 0.6 is 0 Å². The number of rotatable bonds is 4. The summed E-state index contributed by atoms with van der Waals surface area (Å²) in [6.45, 7) is 4.30. The minimum atomic E-state index is 0.576. The Morgan fingerprint density at radius 3 is 2.83 bits per heavy atom. The van der Waals surface area contributed by atoms with Gasteiger partial charge in [-0.2, -0.15) is 0 Å². The van der Waals surface area contributed by atoms with Gasteiger partial charge in [0.1, 0.15) is 11.4 Å². The quantitative estimate of drug-likeness (QED) is 0.751. The summed E-state index contributed by atoms with van der Waals surface area (Å²) >= 11 is 0. The fourth-order valence-corrected chi connectivity index (χ4v) is 1.81. The molecule has 0 unspecified atom stereocenters. The van der Waals surface area contributed by atoms with Crippen molar-refractivity contribution in [1.82, 2.24) is 25.4 Å². The highest BCUT2D eigenvalue weighted by Gasteiger charge is 2.19. The SMILES string of the molecule is C#CCCn1nnnc1N(C)c1c(C)noc1C. The average molecular weight is 246 g/mol. The van der Waals surface area contributed by atoms with Crippen LogP contribution in [-0.4, -0.2) is 32.4 Å². The summed E-state index contributed by atoms with van der Waals surface area (Å²) < 4.78 is 6.79. The number of terminal acetylenes is 1. The number of hydrogen-bond donors (Lipinski definition) is 0. The molecule has 2 rings (SSSR count). The first-order valence-corrected chi connectivity index (χ1v) is 5.51. The lowest BCUT2D eigenvalue weighted by Crippen LogP contribution is -2.17. The normalized spacial score (nSPS) is 10.3. The molecule has 0 aliphatic rings. The predicted octanol–water partition coefficient (Wildman–Crippen LogP) is 1.07. The molecule has 0 atom stereocenters. The summed E-state index contributed by atoms with van der Waals surface area (Å²) in [5, 5.41) is 15.5. The van der Waals surface area contributed by atoms with Crippen LogP contribution in [-0.2, 0) is 6.54 Å². The number of aromatic nitrogens is 5. The monoisotopic (exact) mass is 246 g/mol. The number of hydrogen-bond acceptors (Lipinski definition) is 6. The van der Waals surface area contributed by atoms with Gasteiger partial charge >= 0.3 is 0 Å². The van der Waals surface area contributed by atoms with Crippen LogP contribution in [0.2, 0.25) is 0 Å². The molecule has 94 valence electrons. The van der Waals surface area contributed by atoms with Crippen LogP contribution in [0.4, 0.5) is 11.6 Å². The second-order valence-corrected chi connectivity index (χ2v) is 3.89. The summed E-state index contributed by atoms with van der Waals surface area (Å²) in [6, 6.07) is 0. The smallest absolute Gasteiger partial charge is 0.249 e. The van der Waals surface area contributed by atoms with Gasteiger partial charge in [-0.1, -0.05) is 10.3 Å². The van der Waals surface area contributed by atoms with Crippen LogP contribution < -0.4 is 4.90 Å². The molecular weight excluding hydrogens is 232 g/mol. The van der Waals surface area contributed by atoms with Crippen molar-refractivity contribution in [3.8, 4) is 12.3 Å². The molecule has 2 aromatic heterocycles. The van der Waals surface area contributed by atoms with Crippen molar-refractivity contribution >= 4 is 11.6 Å². The third-order valence-corrected chi connectivity index (χ3v) is 2.61. The standard InChI is InChI=1S/C11H14N6O/c1-5-6-7-17-11(12-14-15-17)16(4)10-8(2)13-18-9(10)3/h1H,6-7H2,2-4H3. The lowest BCUT2D eigenvalue weighted by Gasteiger charge is -2.16. The van der Waals surface area contributed by atoms with Crippen LogP contribution in [0.3, 0.4) is 0 Å². The number of tetrazole rings is 1. The van der Waals surface area contributed by atoms with E-state index in [1.165, 1.54) is 0 Å². The van der Waals surface area contributed by atoms with Crippen molar-refractivity contribution in [3.05, 3.63) is 11.5 Å². The van der Waals surface area contributed by atoms with Gasteiger partial charge in [0.25, 0.3) is 0 Å². The lowest BCUT2D eigenvalue weighted by molar-refractivity contribution is 0.393. The molecule has 0 amide bonds. The highest BCUT2D eigenvalue weighted by Crippen LogP contribution is 2.27. The minimum Gasteiger partial charge on any atom is -0.359 e. The first kappa shape index (κ1) is 12.1. The second-order valence-electron chi connectivity index (χ2n) is 3.89. The van der Waals surface area contributed by atoms with E-state index < -0.39 is 0 Å². The number of anilines is 2. The van der Waals surface area contributed by atoms with Gasteiger partial charge in [0.15, 0.2) is 5.76 Å². The highest BCUT2D eigenvalue weighted by atomic mass is 16.5. The first-order valence-electron chi connectivity index (χ1n) is 5.51. The molecule has 0 aliphatic carbocycles. The Hall–Kier alpha value is -2.36. The summed E-state index contributed by atoms with van der Waals surface area (Å²) in [5.74, 6) is 3.90. The van der Waals surface area contributed by atoms with E-state index in [1.54, 1.807) is 4.68 Å². The van der Waals surface area contributed by atoms with Gasteiger partial charge in [0, 0.05) is 13.5 Å². The number of nitrogens with zero attached hydrogens (tertiary/aromatic N) is 6. The maximum atomic E-state index is 5.24. The van der Waals surface area contributed by atoms with E-state index in [0.29, 0.717) is 18.9 Å². The van der Waals surface area contributed by atoms with Crippen LogP contribution in [0.25, 0.3) is 0 Å². The minimum absolute atomic E-state index is 0.576. The molecule has 0 fully saturated rings. The molecule has 0 N–H and O–H groups in total. The third kappa shape index (κ3) is 2.05. The molecule has 2 heterocycles. The molecule has 0 bridgehead atoms. The zero-order valence-corrected chi connectivity index (χ0v) is 10.6. The highest BCUT2D eigenvalue weighted by molar-refractivity contribution is 5.60. The van der Waals surface area contributed by atoms with Crippen LogP contribution in [0.15, 0.2) is 4.52 Å². The van der Waals surface area contributed by atoms with Crippen molar-refractivity contribution in [2.24, 2.45) is 0 Å². The Kier molecular flexibility index (Phi) is 3.28. The van der Waals surface area contributed by atoms with Gasteiger partial charge in [0.05, 0.1) is 6.54 Å². The Labute approximate surface area is 105 Å². The lowest BCUT2D eigenvalue weighted by atomic mass is 10.3. The van der Waals surface area contributed by atoms with E-state index in [4.69, 9.17) is 10.9 Å². The van der Waals surface area contributed by atoms with Gasteiger partial charge in [-0.3, -0.25) is 0 Å². The number of aryl methyl sites for hydroxylation is 3. The Morgan fingerprint density at radius 1 is 1.44 bits per heavy atom. The predicted molar refractivity (Wildman–Crippen MR) is 65.3 cm³/mol. The van der Waals surface area contributed by atoms with Gasteiger partial charge in [-0.05, 0) is 24.3 Å². The topological polar surface area (TPSA) is 72.9 Å². The van der Waals surface area contributed by atoms with Gasteiger partial charge in [-0.15, -0.1) is 12.3 Å². The Morgan fingerprint density at radius 2 is 2.22 bits per heavy atom. The molecule has 0 aromatic carbocycles. The second kappa shape index (κ2) is 4.87. The van der Waals surface area contributed by atoms with Crippen molar-refractivity contribution in [2.75, 3.05) is 11.9 Å². The zero-order valence-electron chi connectivity index (χ0n) is 10.6. The third-order valence-electron chi connectivity index (χ3n) is 2.61. The molecule has 0 saturated carbocycles. The van der Waals surface area contributed by atoms with E-state index in [9.17, 15) is 0 Å². The summed E-state index contributed by atoms with van der Waals surface area (Å²) in [4.78, 5) is 1.84. The first-order chi connectivity index (χ1) is 8.65. The van der Waals surface area contributed by atoms with Gasteiger partial charge in [-0.25, -0.2) is 4.68 Å². The fraction of sp³-hybridized carbons (Fsp3) is 0.455. The molecule has 2 aromatic rings. The molecule has 0 aliphatic heterocycles. The van der Waals surface area contributed by atoms with Gasteiger partial charge < -0.3 is 9.42 Å². The Balaban J connectivity index is 2.32. The zero-order chi connectivity index (χ0) is 13.1. The molecular formula is C11H14N6O. The molecule has 0 spiro atoms. The molecule has 7 heteroatoms. The molecule has 18 heavy (non-hydrogen) atoms. The van der Waals surface area contributed by atoms with E-state index in [-0.39, 0.29) is 0 Å². The van der Waals surface area contributed by atoms with Gasteiger partial charge in [0.2, 0.25) is 5.95 Å². The van der Waals surface area contributed by atoms with E-state index in [0.717, 1.165) is 17.1 Å². The van der Waals surface area contributed by atoms with Crippen molar-refractivity contribution < 1.29 is 4.52 Å². The molecule has 7 nitrogen and oxygen atoms in total. The maximum Gasteiger partial charge on any atom is 0.249 e. The molecule has 0 radical (unpaired) electrons. The average Bonchev–Trinajstić information content (AvgIpc) is 2.93. The summed E-state index contributed by atoms with van der Waals surface area (Å²) in [5.41, 5.74) is 1.66. The Bertz CT molecular complexity index is 559. The molecule has 0 saturated heterocycles. The van der Waals surface area contributed by atoms with E-state index >= 15 is 0 Å². The maximum absolute atomic E-state index is 5.24. The summed E-state index contributed by atoms with van der Waals surface area (Å²) in [7, 11) is 1.87. The van der Waals surface area contributed by atoms with Crippen molar-refractivity contribution in [1.29, 1.82) is 0 Å². The summed E-state index contributed by atoms with van der Waals surface area (Å²) in [6.07, 6.45) is 5.82.